The highest BCUT2D eigenvalue weighted by atomic mass is 31.1. The molecule has 0 fully saturated rings. The van der Waals surface area contributed by atoms with Crippen LogP contribution in [0, 0.1) is 0 Å². The predicted octanol–water partition coefficient (Wildman–Crippen LogP) is 4.12. The van der Waals surface area contributed by atoms with Gasteiger partial charge in [-0.2, -0.15) is 0 Å². The summed E-state index contributed by atoms with van der Waals surface area (Å²) in [7, 11) is 2.71. The molecule has 0 aliphatic rings. The molecule has 0 radical (unpaired) electrons. The summed E-state index contributed by atoms with van der Waals surface area (Å²) in [5.41, 5.74) is 2.09. The van der Waals surface area contributed by atoms with Crippen LogP contribution in [-0.4, -0.2) is 6.66 Å². The second-order valence-electron chi connectivity index (χ2n) is 3.42. The van der Waals surface area contributed by atoms with Crippen molar-refractivity contribution in [3.8, 4) is 22.6 Å². The summed E-state index contributed by atoms with van der Waals surface area (Å²) in [5, 5.41) is 0. The Morgan fingerprint density at radius 1 is 0.882 bits per heavy atom. The molecule has 4 heteroatoms. The van der Waals surface area contributed by atoms with Gasteiger partial charge in [0, 0.05) is 11.1 Å². The maximum absolute atomic E-state index is 5.66. The van der Waals surface area contributed by atoms with Gasteiger partial charge in [0.1, 0.15) is 11.5 Å². The number of para-hydroxylation sites is 2. The SMILES string of the molecule is CPOc1ccccc1-c1ccccc1OP. The summed E-state index contributed by atoms with van der Waals surface area (Å²) < 4.78 is 11.0. The smallest absolute Gasteiger partial charge is 0.130 e. The highest BCUT2D eigenvalue weighted by molar-refractivity contribution is 7.31. The van der Waals surface area contributed by atoms with Crippen molar-refractivity contribution in [1.29, 1.82) is 0 Å². The third kappa shape index (κ3) is 2.77. The van der Waals surface area contributed by atoms with E-state index in [1.807, 2.05) is 55.2 Å². The third-order valence-corrected chi connectivity index (χ3v) is 3.08. The van der Waals surface area contributed by atoms with E-state index >= 15 is 0 Å². The van der Waals surface area contributed by atoms with E-state index in [0.717, 1.165) is 22.6 Å². The summed E-state index contributed by atoms with van der Waals surface area (Å²) in [4.78, 5) is 0. The lowest BCUT2D eigenvalue weighted by atomic mass is 10.0. The molecular weight excluding hydrogens is 250 g/mol. The molecule has 2 atom stereocenters. The van der Waals surface area contributed by atoms with Gasteiger partial charge in [-0.25, -0.2) is 0 Å². The first kappa shape index (κ1) is 12.4. The lowest BCUT2D eigenvalue weighted by molar-refractivity contribution is 0.632. The normalized spacial score (nSPS) is 10.7. The zero-order valence-corrected chi connectivity index (χ0v) is 11.7. The van der Waals surface area contributed by atoms with E-state index in [0.29, 0.717) is 8.81 Å². The monoisotopic (exact) mass is 264 g/mol. The van der Waals surface area contributed by atoms with Crippen molar-refractivity contribution in [3.05, 3.63) is 48.5 Å². The van der Waals surface area contributed by atoms with Crippen molar-refractivity contribution >= 4 is 18.3 Å². The Hall–Kier alpha value is -1.10. The highest BCUT2D eigenvalue weighted by Gasteiger charge is 2.09. The molecule has 0 amide bonds. The fourth-order valence-electron chi connectivity index (χ4n) is 1.68. The summed E-state index contributed by atoms with van der Waals surface area (Å²) in [6.45, 7) is 2.01. The standard InChI is InChI=1S/C13H14O2P2/c1-17-15-13-9-5-3-7-11(13)10-6-2-4-8-12(10)14-16/h2-9,17H,16H2,1H3. The van der Waals surface area contributed by atoms with Gasteiger partial charge in [0.2, 0.25) is 0 Å². The Bertz CT molecular complexity index is 500. The highest BCUT2D eigenvalue weighted by Crippen LogP contribution is 2.38. The van der Waals surface area contributed by atoms with Gasteiger partial charge in [0.15, 0.2) is 0 Å². The largest absolute Gasteiger partial charge is 0.480 e. The quantitative estimate of drug-likeness (QED) is 0.773. The van der Waals surface area contributed by atoms with Crippen molar-refractivity contribution in [2.45, 2.75) is 0 Å². The van der Waals surface area contributed by atoms with Crippen molar-refractivity contribution in [3.63, 3.8) is 0 Å². The second kappa shape index (κ2) is 6.00. The first-order valence-corrected chi connectivity index (χ1v) is 7.13. The first-order valence-electron chi connectivity index (χ1n) is 5.25. The van der Waals surface area contributed by atoms with Crippen LogP contribution in [0.3, 0.4) is 0 Å². The maximum atomic E-state index is 5.66. The Balaban J connectivity index is 2.52. The topological polar surface area (TPSA) is 18.5 Å². The molecule has 2 aromatic carbocycles. The Morgan fingerprint density at radius 2 is 1.41 bits per heavy atom. The minimum Gasteiger partial charge on any atom is -0.480 e. The van der Waals surface area contributed by atoms with Crippen LogP contribution in [0.1, 0.15) is 0 Å². The van der Waals surface area contributed by atoms with Gasteiger partial charge < -0.3 is 9.05 Å². The number of benzene rings is 2. The van der Waals surface area contributed by atoms with Gasteiger partial charge in [-0.15, -0.1) is 0 Å². The lowest BCUT2D eigenvalue weighted by Crippen LogP contribution is -1.86. The fourth-order valence-corrected chi connectivity index (χ4v) is 2.28. The molecule has 0 saturated heterocycles. The van der Waals surface area contributed by atoms with Crippen LogP contribution in [0.15, 0.2) is 48.5 Å². The van der Waals surface area contributed by atoms with Gasteiger partial charge in [-0.3, -0.25) is 0 Å². The Labute approximate surface area is 105 Å². The average molecular weight is 264 g/mol. The summed E-state index contributed by atoms with van der Waals surface area (Å²) >= 11 is 0. The zero-order valence-electron chi connectivity index (χ0n) is 9.51. The van der Waals surface area contributed by atoms with Gasteiger partial charge >= 0.3 is 0 Å². The molecule has 2 aromatic rings. The van der Waals surface area contributed by atoms with Gasteiger partial charge in [-0.05, 0) is 18.8 Å². The molecule has 2 unspecified atom stereocenters. The minimum atomic E-state index is 0.428. The number of hydrogen-bond acceptors (Lipinski definition) is 2. The molecule has 88 valence electrons. The van der Waals surface area contributed by atoms with Crippen LogP contribution in [0.5, 0.6) is 11.5 Å². The van der Waals surface area contributed by atoms with E-state index in [4.69, 9.17) is 9.05 Å². The van der Waals surface area contributed by atoms with Crippen LogP contribution in [-0.2, 0) is 0 Å². The number of rotatable bonds is 4. The molecule has 17 heavy (non-hydrogen) atoms. The van der Waals surface area contributed by atoms with Crippen molar-refractivity contribution < 1.29 is 9.05 Å². The van der Waals surface area contributed by atoms with Crippen molar-refractivity contribution in [2.24, 2.45) is 0 Å². The molecule has 0 heterocycles. The molecule has 0 spiro atoms. The zero-order chi connectivity index (χ0) is 12.1. The van der Waals surface area contributed by atoms with E-state index in [9.17, 15) is 0 Å². The minimum absolute atomic E-state index is 0.428. The summed E-state index contributed by atoms with van der Waals surface area (Å²) in [6.07, 6.45) is 0. The fraction of sp³-hybridized carbons (Fsp3) is 0.0769. The lowest BCUT2D eigenvalue weighted by Gasteiger charge is -2.12. The first-order chi connectivity index (χ1) is 8.36. The van der Waals surface area contributed by atoms with E-state index < -0.39 is 0 Å². The second-order valence-corrected chi connectivity index (χ2v) is 4.26. The van der Waals surface area contributed by atoms with Crippen LogP contribution in [0.2, 0.25) is 0 Å². The van der Waals surface area contributed by atoms with Crippen LogP contribution < -0.4 is 9.05 Å². The molecule has 0 aliphatic heterocycles. The number of hydrogen-bond donors (Lipinski definition) is 0. The van der Waals surface area contributed by atoms with Gasteiger partial charge in [-0.1, -0.05) is 36.4 Å². The van der Waals surface area contributed by atoms with Crippen molar-refractivity contribution in [1.82, 2.24) is 0 Å². The van der Waals surface area contributed by atoms with Gasteiger partial charge in [0.05, 0.1) is 18.3 Å². The van der Waals surface area contributed by atoms with E-state index in [1.165, 1.54) is 0 Å². The van der Waals surface area contributed by atoms with Crippen LogP contribution in [0.25, 0.3) is 11.1 Å². The maximum Gasteiger partial charge on any atom is 0.130 e. The molecule has 0 bridgehead atoms. The molecule has 2 nitrogen and oxygen atoms in total. The molecule has 0 aromatic heterocycles. The third-order valence-electron chi connectivity index (χ3n) is 2.40. The van der Waals surface area contributed by atoms with E-state index in [1.54, 1.807) is 0 Å². The average Bonchev–Trinajstić information content (AvgIpc) is 2.40. The van der Waals surface area contributed by atoms with Crippen LogP contribution >= 0.6 is 18.3 Å². The van der Waals surface area contributed by atoms with E-state index in [2.05, 4.69) is 9.47 Å². The summed E-state index contributed by atoms with van der Waals surface area (Å²) in [6, 6.07) is 15.9. The molecule has 0 N–H and O–H groups in total. The Kier molecular flexibility index (Phi) is 4.36. The predicted molar refractivity (Wildman–Crippen MR) is 77.1 cm³/mol. The molecule has 2 rings (SSSR count). The van der Waals surface area contributed by atoms with Crippen LogP contribution in [0.4, 0.5) is 0 Å². The van der Waals surface area contributed by atoms with Gasteiger partial charge in [0.25, 0.3) is 0 Å². The summed E-state index contributed by atoms with van der Waals surface area (Å²) in [5.74, 6) is 1.72. The van der Waals surface area contributed by atoms with E-state index in [-0.39, 0.29) is 0 Å². The Morgan fingerprint density at radius 3 is 2.00 bits per heavy atom. The molecule has 0 saturated carbocycles. The van der Waals surface area contributed by atoms with Crippen molar-refractivity contribution in [2.75, 3.05) is 6.66 Å². The molecule has 0 aliphatic carbocycles. The molecular formula is C13H14O2P2.